The van der Waals surface area contributed by atoms with Gasteiger partial charge in [0.15, 0.2) is 6.61 Å². The molecule has 0 spiro atoms. The van der Waals surface area contributed by atoms with Crippen LogP contribution in [0.25, 0.3) is 27.6 Å². The second-order valence-electron chi connectivity index (χ2n) is 7.70. The number of aryl methyl sites for hydroxylation is 1. The van der Waals surface area contributed by atoms with Crippen LogP contribution in [0.2, 0.25) is 5.02 Å². The lowest BCUT2D eigenvalue weighted by molar-refractivity contribution is -0.139. The highest BCUT2D eigenvalue weighted by Crippen LogP contribution is 2.27. The molecule has 5 aromatic rings. The highest BCUT2D eigenvalue weighted by molar-refractivity contribution is 6.30. The van der Waals surface area contributed by atoms with Crippen LogP contribution in [0.1, 0.15) is 6.42 Å². The van der Waals surface area contributed by atoms with Crippen molar-refractivity contribution in [3.8, 4) is 17.2 Å². The quantitative estimate of drug-likeness (QED) is 0.302. The van der Waals surface area contributed by atoms with Gasteiger partial charge in [-0.05, 0) is 61.0 Å². The predicted octanol–water partition coefficient (Wildman–Crippen LogP) is 4.96. The third-order valence-electron chi connectivity index (χ3n) is 5.33. The number of nitrogens with zero attached hydrogens (tertiary/aromatic N) is 4. The lowest BCUT2D eigenvalue weighted by Crippen LogP contribution is -2.09. The van der Waals surface area contributed by atoms with E-state index in [2.05, 4.69) is 14.8 Å². The Balaban J connectivity index is 1.25. The Kier molecular flexibility index (Phi) is 6.05. The molecule has 0 aliphatic heterocycles. The molecule has 0 amide bonds. The Morgan fingerprint density at radius 1 is 0.971 bits per heavy atom. The van der Waals surface area contributed by atoms with E-state index in [1.807, 2.05) is 54.7 Å². The molecule has 0 fully saturated rings. The monoisotopic (exact) mass is 476 g/mol. The van der Waals surface area contributed by atoms with Gasteiger partial charge in [0.2, 0.25) is 0 Å². The zero-order valence-electron chi connectivity index (χ0n) is 18.1. The molecule has 5 rings (SSSR count). The molecule has 0 radical (unpaired) electrons. The van der Waals surface area contributed by atoms with Gasteiger partial charge in [-0.3, -0.25) is 0 Å². The Hall–Kier alpha value is -4.04. The lowest BCUT2D eigenvalue weighted by atomic mass is 10.2. The average molecular weight is 477 g/mol. The summed E-state index contributed by atoms with van der Waals surface area (Å²) in [5.41, 5.74) is 3.32. The van der Waals surface area contributed by atoms with Crippen LogP contribution >= 0.6 is 11.6 Å². The molecule has 0 unspecified atom stereocenters. The van der Waals surface area contributed by atoms with Gasteiger partial charge in [0.25, 0.3) is 0 Å². The molecule has 34 heavy (non-hydrogen) atoms. The highest BCUT2D eigenvalue weighted by Gasteiger charge is 2.12. The molecular weight excluding hydrogens is 456 g/mol. The largest absolute Gasteiger partial charge is 0.491 e. The number of aromatic nitrogens is 4. The smallest absolute Gasteiger partial charge is 0.341 e. The average Bonchev–Trinajstić information content (AvgIpc) is 3.45. The summed E-state index contributed by atoms with van der Waals surface area (Å²) in [6.07, 6.45) is 2.77. The Morgan fingerprint density at radius 2 is 1.76 bits per heavy atom. The maximum atomic E-state index is 10.7. The number of ether oxygens (including phenoxy) is 2. The van der Waals surface area contributed by atoms with Gasteiger partial charge in [0.05, 0.1) is 6.61 Å². The summed E-state index contributed by atoms with van der Waals surface area (Å²) in [5, 5.41) is 19.4. The van der Waals surface area contributed by atoms with Crippen LogP contribution < -0.4 is 9.47 Å². The summed E-state index contributed by atoms with van der Waals surface area (Å²) in [7, 11) is 0. The van der Waals surface area contributed by atoms with Crippen LogP contribution in [0.5, 0.6) is 11.5 Å². The van der Waals surface area contributed by atoms with Gasteiger partial charge in [-0.2, -0.15) is 0 Å². The summed E-state index contributed by atoms with van der Waals surface area (Å²) in [6, 6.07) is 20.6. The number of aliphatic carboxylic acids is 1. The van der Waals surface area contributed by atoms with Crippen molar-refractivity contribution in [3.05, 3.63) is 77.9 Å². The van der Waals surface area contributed by atoms with Gasteiger partial charge in [-0.15, -0.1) is 15.0 Å². The summed E-state index contributed by atoms with van der Waals surface area (Å²) in [6.45, 7) is 0.890. The fraction of sp³-hybridized carbons (Fsp3) is 0.160. The van der Waals surface area contributed by atoms with Crippen molar-refractivity contribution < 1.29 is 19.4 Å². The minimum atomic E-state index is -1.00. The van der Waals surface area contributed by atoms with Crippen LogP contribution in [0.15, 0.2) is 72.9 Å². The molecular formula is C25H21ClN4O4. The molecule has 0 aliphatic carbocycles. The maximum absolute atomic E-state index is 10.7. The lowest BCUT2D eigenvalue weighted by Gasteiger charge is -2.12. The van der Waals surface area contributed by atoms with E-state index < -0.39 is 5.97 Å². The van der Waals surface area contributed by atoms with Gasteiger partial charge in [0, 0.05) is 28.7 Å². The van der Waals surface area contributed by atoms with E-state index in [0.717, 1.165) is 34.9 Å². The van der Waals surface area contributed by atoms with E-state index in [-0.39, 0.29) is 6.61 Å². The Morgan fingerprint density at radius 3 is 2.53 bits per heavy atom. The first-order valence-corrected chi connectivity index (χ1v) is 11.1. The third-order valence-corrected chi connectivity index (χ3v) is 5.56. The second-order valence-corrected chi connectivity index (χ2v) is 8.14. The van der Waals surface area contributed by atoms with E-state index in [9.17, 15) is 4.79 Å². The summed E-state index contributed by atoms with van der Waals surface area (Å²) in [5.74, 6) is 0.187. The third kappa shape index (κ3) is 4.67. The molecule has 0 atom stereocenters. The number of benzene rings is 3. The summed E-state index contributed by atoms with van der Waals surface area (Å²) >= 11 is 6.23. The first-order chi connectivity index (χ1) is 16.6. The van der Waals surface area contributed by atoms with Crippen molar-refractivity contribution in [1.29, 1.82) is 0 Å². The number of hydrogen-bond donors (Lipinski definition) is 1. The molecule has 2 aromatic heterocycles. The molecule has 3 aromatic carbocycles. The maximum Gasteiger partial charge on any atom is 0.341 e. The Labute approximate surface area is 199 Å². The molecule has 172 valence electrons. The van der Waals surface area contributed by atoms with Crippen molar-refractivity contribution in [2.75, 3.05) is 13.2 Å². The topological polar surface area (TPSA) is 91.4 Å². The SMILES string of the molecule is O=C(O)COc1ccc2c(ccn2CCCOc2ccc(Cl)cc2-n2nc3ccccc3n2)c1. The van der Waals surface area contributed by atoms with Crippen molar-refractivity contribution in [2.24, 2.45) is 0 Å². The number of fused-ring (bicyclic) bond motifs is 2. The van der Waals surface area contributed by atoms with Gasteiger partial charge in [-0.25, -0.2) is 4.79 Å². The fourth-order valence-electron chi connectivity index (χ4n) is 3.76. The molecule has 8 nitrogen and oxygen atoms in total. The van der Waals surface area contributed by atoms with E-state index in [0.29, 0.717) is 28.8 Å². The van der Waals surface area contributed by atoms with Gasteiger partial charge < -0.3 is 19.1 Å². The molecule has 9 heteroatoms. The number of hydrogen-bond acceptors (Lipinski definition) is 5. The zero-order chi connectivity index (χ0) is 23.5. The number of carbonyl (C=O) groups is 1. The highest BCUT2D eigenvalue weighted by atomic mass is 35.5. The van der Waals surface area contributed by atoms with Crippen LogP contribution in [0.3, 0.4) is 0 Å². The fourth-order valence-corrected chi connectivity index (χ4v) is 3.93. The standard InChI is InChI=1S/C25H21ClN4O4/c26-18-6-9-24(23(15-18)30-27-20-4-1-2-5-21(20)28-30)33-13-3-11-29-12-10-17-14-19(7-8-22(17)29)34-16-25(31)32/h1-2,4-10,12,14-15H,3,11,13,16H2,(H,31,32). The minimum absolute atomic E-state index is 0.361. The minimum Gasteiger partial charge on any atom is -0.491 e. The van der Waals surface area contributed by atoms with Crippen molar-refractivity contribution in [3.63, 3.8) is 0 Å². The van der Waals surface area contributed by atoms with E-state index in [1.54, 1.807) is 23.0 Å². The molecule has 1 N–H and O–H groups in total. The van der Waals surface area contributed by atoms with Gasteiger partial charge in [0.1, 0.15) is 28.2 Å². The summed E-state index contributed by atoms with van der Waals surface area (Å²) < 4.78 is 13.5. The number of carboxylic acid groups (broad SMARTS) is 1. The molecule has 0 saturated carbocycles. The van der Waals surface area contributed by atoms with Crippen LogP contribution in [-0.2, 0) is 11.3 Å². The first-order valence-electron chi connectivity index (χ1n) is 10.8. The molecule has 0 saturated heterocycles. The van der Waals surface area contributed by atoms with E-state index in [4.69, 9.17) is 26.2 Å². The van der Waals surface area contributed by atoms with Gasteiger partial charge in [-0.1, -0.05) is 23.7 Å². The molecule has 0 bridgehead atoms. The normalized spacial score (nSPS) is 11.2. The van der Waals surface area contributed by atoms with Crippen molar-refractivity contribution in [1.82, 2.24) is 19.6 Å². The predicted molar refractivity (Wildman–Crippen MR) is 129 cm³/mol. The van der Waals surface area contributed by atoms with E-state index >= 15 is 0 Å². The van der Waals surface area contributed by atoms with Crippen molar-refractivity contribution in [2.45, 2.75) is 13.0 Å². The number of carboxylic acids is 1. The molecule has 0 aliphatic rings. The Bertz CT molecular complexity index is 1440. The summed E-state index contributed by atoms with van der Waals surface area (Å²) in [4.78, 5) is 12.2. The van der Waals surface area contributed by atoms with E-state index in [1.165, 1.54) is 0 Å². The van der Waals surface area contributed by atoms with Gasteiger partial charge >= 0.3 is 5.97 Å². The zero-order valence-corrected chi connectivity index (χ0v) is 18.9. The number of halogens is 1. The molecule has 2 heterocycles. The van der Waals surface area contributed by atoms with Crippen LogP contribution in [0.4, 0.5) is 0 Å². The van der Waals surface area contributed by atoms with Crippen LogP contribution in [-0.4, -0.2) is 43.9 Å². The van der Waals surface area contributed by atoms with Crippen LogP contribution in [0, 0.1) is 0 Å². The number of rotatable bonds is 9. The first kappa shape index (κ1) is 21.8. The second kappa shape index (κ2) is 9.44. The van der Waals surface area contributed by atoms with Crippen molar-refractivity contribution >= 4 is 39.5 Å².